The van der Waals surface area contributed by atoms with E-state index < -0.39 is 0 Å². The molecule has 1 aliphatic rings. The molecule has 0 aliphatic carbocycles. The molecular formula is C18H26N4O2. The summed E-state index contributed by atoms with van der Waals surface area (Å²) >= 11 is 0. The highest BCUT2D eigenvalue weighted by Crippen LogP contribution is 2.24. The van der Waals surface area contributed by atoms with Crippen LogP contribution in [0.2, 0.25) is 0 Å². The van der Waals surface area contributed by atoms with Crippen molar-refractivity contribution in [3.8, 4) is 0 Å². The molecule has 0 radical (unpaired) electrons. The zero-order chi connectivity index (χ0) is 16.9. The predicted molar refractivity (Wildman–Crippen MR) is 95.3 cm³/mol. The van der Waals surface area contributed by atoms with E-state index in [2.05, 4.69) is 39.2 Å². The first-order valence-corrected chi connectivity index (χ1v) is 8.65. The number of carbonyl (C=O) groups excluding carboxylic acids is 1. The number of imidazole rings is 1. The summed E-state index contributed by atoms with van der Waals surface area (Å²) in [5.74, 6) is 1.03. The number of nitrogens with zero attached hydrogens (tertiary/aromatic N) is 2. The second-order valence-electron chi connectivity index (χ2n) is 6.50. The normalized spacial score (nSPS) is 18.1. The first-order valence-electron chi connectivity index (χ1n) is 8.65. The molecule has 0 saturated carbocycles. The summed E-state index contributed by atoms with van der Waals surface area (Å²) in [5.41, 5.74) is 3.24. The Morgan fingerprint density at radius 1 is 1.50 bits per heavy atom. The zero-order valence-corrected chi connectivity index (χ0v) is 14.5. The first kappa shape index (κ1) is 16.8. The van der Waals surface area contributed by atoms with E-state index in [4.69, 9.17) is 4.74 Å². The Kier molecular flexibility index (Phi) is 5.35. The van der Waals surface area contributed by atoms with Crippen LogP contribution in [-0.2, 0) is 9.53 Å². The molecule has 1 saturated heterocycles. The van der Waals surface area contributed by atoms with Gasteiger partial charge >= 0.3 is 0 Å². The highest BCUT2D eigenvalue weighted by atomic mass is 16.5. The van der Waals surface area contributed by atoms with Crippen LogP contribution >= 0.6 is 0 Å². The van der Waals surface area contributed by atoms with Crippen molar-refractivity contribution in [3.05, 3.63) is 23.8 Å². The van der Waals surface area contributed by atoms with Gasteiger partial charge in [0.2, 0.25) is 11.9 Å². The van der Waals surface area contributed by atoms with Gasteiger partial charge < -0.3 is 19.9 Å². The van der Waals surface area contributed by atoms with Crippen molar-refractivity contribution in [1.29, 1.82) is 0 Å². The number of ether oxygens (including phenoxy) is 1. The number of hydrogen-bond acceptors (Lipinski definition) is 4. The van der Waals surface area contributed by atoms with Gasteiger partial charge in [0, 0.05) is 33.4 Å². The van der Waals surface area contributed by atoms with Crippen LogP contribution in [0.25, 0.3) is 11.0 Å². The number of aryl methyl sites for hydroxylation is 1. The molecule has 130 valence electrons. The molecule has 0 spiro atoms. The number of rotatable bonds is 6. The van der Waals surface area contributed by atoms with Gasteiger partial charge in [0.1, 0.15) is 0 Å². The minimum absolute atomic E-state index is 0.0243. The quantitative estimate of drug-likeness (QED) is 0.797. The smallest absolute Gasteiger partial charge is 0.224 e. The van der Waals surface area contributed by atoms with Crippen molar-refractivity contribution in [1.82, 2.24) is 15.3 Å². The van der Waals surface area contributed by atoms with Gasteiger partial charge in [0.05, 0.1) is 17.0 Å². The molecule has 1 amide bonds. The maximum Gasteiger partial charge on any atom is 0.224 e. The Morgan fingerprint density at radius 2 is 2.38 bits per heavy atom. The Hall–Kier alpha value is -2.08. The average Bonchev–Trinajstić information content (AvgIpc) is 3.02. The molecule has 1 aliphatic heterocycles. The number of methoxy groups -OCH3 is 1. The van der Waals surface area contributed by atoms with Gasteiger partial charge in [-0.3, -0.25) is 4.79 Å². The summed E-state index contributed by atoms with van der Waals surface area (Å²) in [6.07, 6.45) is 2.79. The van der Waals surface area contributed by atoms with Gasteiger partial charge in [-0.2, -0.15) is 0 Å². The summed E-state index contributed by atoms with van der Waals surface area (Å²) in [6.45, 7) is 5.08. The van der Waals surface area contributed by atoms with E-state index in [9.17, 15) is 4.79 Å². The molecule has 6 nitrogen and oxygen atoms in total. The van der Waals surface area contributed by atoms with Crippen molar-refractivity contribution in [2.45, 2.75) is 26.2 Å². The second kappa shape index (κ2) is 7.66. The van der Waals surface area contributed by atoms with Crippen molar-refractivity contribution in [2.24, 2.45) is 5.92 Å². The highest BCUT2D eigenvalue weighted by Gasteiger charge is 2.27. The van der Waals surface area contributed by atoms with E-state index >= 15 is 0 Å². The van der Waals surface area contributed by atoms with Crippen molar-refractivity contribution < 1.29 is 9.53 Å². The lowest BCUT2D eigenvalue weighted by molar-refractivity contribution is -0.125. The van der Waals surface area contributed by atoms with Crippen LogP contribution in [0.4, 0.5) is 5.95 Å². The Balaban J connectivity index is 1.62. The summed E-state index contributed by atoms with van der Waals surface area (Å²) < 4.78 is 5.01. The Morgan fingerprint density at radius 3 is 3.21 bits per heavy atom. The lowest BCUT2D eigenvalue weighted by Crippen LogP contribution is -2.43. The number of H-pyrrole nitrogens is 1. The summed E-state index contributed by atoms with van der Waals surface area (Å²) in [4.78, 5) is 22.6. The highest BCUT2D eigenvalue weighted by molar-refractivity contribution is 5.80. The number of benzene rings is 1. The molecule has 1 aromatic heterocycles. The molecule has 1 aromatic carbocycles. The maximum absolute atomic E-state index is 12.3. The number of anilines is 1. The minimum atomic E-state index is 0.0243. The number of piperidine rings is 1. The summed E-state index contributed by atoms with van der Waals surface area (Å²) in [5, 5.41) is 3.02. The largest absolute Gasteiger partial charge is 0.385 e. The van der Waals surface area contributed by atoms with Crippen LogP contribution in [0.5, 0.6) is 0 Å². The van der Waals surface area contributed by atoms with Crippen molar-refractivity contribution in [2.75, 3.05) is 38.3 Å². The maximum atomic E-state index is 12.3. The fraction of sp³-hybridized carbons (Fsp3) is 0.556. The van der Waals surface area contributed by atoms with Crippen LogP contribution in [-0.4, -0.2) is 49.2 Å². The molecule has 1 atom stereocenters. The number of aromatic amines is 1. The van der Waals surface area contributed by atoms with E-state index in [-0.39, 0.29) is 11.8 Å². The van der Waals surface area contributed by atoms with Crippen LogP contribution < -0.4 is 10.2 Å². The SMILES string of the molecule is COCCCNC(=O)[C@H]1CCCN(c2nc3ccc(C)cc3[nH]2)C1. The zero-order valence-electron chi connectivity index (χ0n) is 14.5. The van der Waals surface area contributed by atoms with E-state index in [1.54, 1.807) is 7.11 Å². The molecular weight excluding hydrogens is 304 g/mol. The number of aromatic nitrogens is 2. The summed E-state index contributed by atoms with van der Waals surface area (Å²) in [7, 11) is 1.68. The van der Waals surface area contributed by atoms with Gasteiger partial charge in [-0.15, -0.1) is 0 Å². The molecule has 2 N–H and O–H groups in total. The fourth-order valence-electron chi connectivity index (χ4n) is 3.22. The molecule has 6 heteroatoms. The van der Waals surface area contributed by atoms with Gasteiger partial charge in [-0.25, -0.2) is 4.98 Å². The number of nitrogens with one attached hydrogen (secondary N) is 2. The van der Waals surface area contributed by atoms with Gasteiger partial charge in [-0.1, -0.05) is 6.07 Å². The third-order valence-corrected chi connectivity index (χ3v) is 4.54. The molecule has 0 bridgehead atoms. The first-order chi connectivity index (χ1) is 11.7. The lowest BCUT2D eigenvalue weighted by Gasteiger charge is -2.31. The predicted octanol–water partition coefficient (Wildman–Crippen LogP) is 2.24. The second-order valence-corrected chi connectivity index (χ2v) is 6.50. The van der Waals surface area contributed by atoms with E-state index in [0.717, 1.165) is 49.3 Å². The van der Waals surface area contributed by atoms with Crippen molar-refractivity contribution >= 4 is 22.9 Å². The fourth-order valence-corrected chi connectivity index (χ4v) is 3.22. The van der Waals surface area contributed by atoms with Crippen LogP contribution in [0.3, 0.4) is 0 Å². The number of carbonyl (C=O) groups is 1. The number of amides is 1. The lowest BCUT2D eigenvalue weighted by atomic mass is 9.97. The standard InChI is InChI=1S/C18H26N4O2/c1-13-6-7-15-16(11-13)21-18(20-15)22-9-3-5-14(12-22)17(23)19-8-4-10-24-2/h6-7,11,14H,3-5,8-10,12H2,1-2H3,(H,19,23)(H,20,21)/t14-/m0/s1. The van der Waals surface area contributed by atoms with E-state index in [1.165, 1.54) is 5.56 Å². The van der Waals surface area contributed by atoms with E-state index in [0.29, 0.717) is 13.2 Å². The molecule has 0 unspecified atom stereocenters. The third-order valence-electron chi connectivity index (χ3n) is 4.54. The monoisotopic (exact) mass is 330 g/mol. The Bertz CT molecular complexity index is 697. The Labute approximate surface area is 142 Å². The topological polar surface area (TPSA) is 70.2 Å². The average molecular weight is 330 g/mol. The molecule has 2 heterocycles. The van der Waals surface area contributed by atoms with E-state index in [1.807, 2.05) is 6.07 Å². The summed E-state index contributed by atoms with van der Waals surface area (Å²) in [6, 6.07) is 6.21. The third kappa shape index (κ3) is 3.87. The minimum Gasteiger partial charge on any atom is -0.385 e. The molecule has 1 fully saturated rings. The van der Waals surface area contributed by atoms with Crippen LogP contribution in [0.1, 0.15) is 24.8 Å². The molecule has 24 heavy (non-hydrogen) atoms. The van der Waals surface area contributed by atoms with Gasteiger partial charge in [0.15, 0.2) is 0 Å². The number of fused-ring (bicyclic) bond motifs is 1. The van der Waals surface area contributed by atoms with Crippen molar-refractivity contribution in [3.63, 3.8) is 0 Å². The van der Waals surface area contributed by atoms with Crippen LogP contribution in [0.15, 0.2) is 18.2 Å². The number of hydrogen-bond donors (Lipinski definition) is 2. The molecule has 2 aromatic rings. The van der Waals surface area contributed by atoms with Crippen LogP contribution in [0, 0.1) is 12.8 Å². The molecule has 3 rings (SSSR count). The van der Waals surface area contributed by atoms with Gasteiger partial charge in [-0.05, 0) is 43.9 Å². The van der Waals surface area contributed by atoms with Gasteiger partial charge in [0.25, 0.3) is 0 Å².